The lowest BCUT2D eigenvalue weighted by atomic mass is 9.87. The van der Waals surface area contributed by atoms with Crippen LogP contribution in [0.25, 0.3) is 22.8 Å². The van der Waals surface area contributed by atoms with Gasteiger partial charge in [0.25, 0.3) is 0 Å². The minimum Gasteiger partial charge on any atom is -0.497 e. The summed E-state index contributed by atoms with van der Waals surface area (Å²) in [5.41, 5.74) is 3.17. The topological polar surface area (TPSA) is 88.1 Å². The SMILES string of the molecule is CCn1c(SCc2nc(-c3ccc(OC)cc3OC)no2)nnc1-c1ccc(C(C)(C)C)cc1. The Morgan fingerprint density at radius 3 is 2.41 bits per heavy atom. The van der Waals surface area contributed by atoms with Crippen molar-refractivity contribution in [2.75, 3.05) is 14.2 Å². The molecule has 4 rings (SSSR count). The van der Waals surface area contributed by atoms with E-state index in [2.05, 4.69) is 76.9 Å². The monoisotopic (exact) mass is 479 g/mol. The Morgan fingerprint density at radius 2 is 1.76 bits per heavy atom. The van der Waals surface area contributed by atoms with E-state index in [1.165, 1.54) is 17.3 Å². The van der Waals surface area contributed by atoms with Gasteiger partial charge in [0, 0.05) is 18.2 Å². The minimum absolute atomic E-state index is 0.108. The molecule has 0 atom stereocenters. The summed E-state index contributed by atoms with van der Waals surface area (Å²) in [5.74, 6) is 3.60. The standard InChI is InChI=1S/C25H29N5O3S/c1-7-30-23(16-8-10-17(11-9-16)25(2,3)4)27-28-24(30)34-15-21-26-22(29-33-21)19-13-12-18(31-5)14-20(19)32-6/h8-14H,7,15H2,1-6H3. The van der Waals surface area contributed by atoms with Gasteiger partial charge in [-0.3, -0.25) is 0 Å². The predicted octanol–water partition coefficient (Wildman–Crippen LogP) is 5.62. The number of ether oxygens (including phenoxy) is 2. The van der Waals surface area contributed by atoms with Crippen molar-refractivity contribution >= 4 is 11.8 Å². The Labute approximate surface area is 203 Å². The molecule has 178 valence electrons. The number of hydrogen-bond acceptors (Lipinski definition) is 8. The Kier molecular flexibility index (Phi) is 6.92. The molecule has 0 aliphatic heterocycles. The summed E-state index contributed by atoms with van der Waals surface area (Å²) < 4.78 is 18.3. The summed E-state index contributed by atoms with van der Waals surface area (Å²) in [6, 6.07) is 14.0. The molecule has 0 radical (unpaired) electrons. The molecule has 0 spiro atoms. The molecule has 0 saturated carbocycles. The Hall–Kier alpha value is -3.33. The lowest BCUT2D eigenvalue weighted by Crippen LogP contribution is -2.10. The summed E-state index contributed by atoms with van der Waals surface area (Å²) in [4.78, 5) is 4.54. The molecule has 8 nitrogen and oxygen atoms in total. The second-order valence-corrected chi connectivity index (χ2v) is 9.69. The van der Waals surface area contributed by atoms with Crippen molar-refractivity contribution in [3.63, 3.8) is 0 Å². The summed E-state index contributed by atoms with van der Waals surface area (Å²) in [5, 5.41) is 13.8. The van der Waals surface area contributed by atoms with Gasteiger partial charge in [-0.1, -0.05) is 62.0 Å². The van der Waals surface area contributed by atoms with E-state index in [1.54, 1.807) is 20.3 Å². The molecule has 2 aromatic carbocycles. The van der Waals surface area contributed by atoms with Crippen LogP contribution in [0.4, 0.5) is 0 Å². The van der Waals surface area contributed by atoms with Gasteiger partial charge in [0.05, 0.1) is 25.5 Å². The molecule has 0 saturated heterocycles. The second-order valence-electron chi connectivity index (χ2n) is 8.74. The van der Waals surface area contributed by atoms with E-state index in [1.807, 2.05) is 12.1 Å². The first-order valence-electron chi connectivity index (χ1n) is 11.1. The molecule has 0 N–H and O–H groups in total. The number of aromatic nitrogens is 5. The van der Waals surface area contributed by atoms with Crippen LogP contribution in [0.1, 0.15) is 39.1 Å². The fraction of sp³-hybridized carbons (Fsp3) is 0.360. The third kappa shape index (κ3) is 4.94. The van der Waals surface area contributed by atoms with E-state index in [-0.39, 0.29) is 5.41 Å². The van der Waals surface area contributed by atoms with Gasteiger partial charge in [-0.2, -0.15) is 4.98 Å². The third-order valence-corrected chi connectivity index (χ3v) is 6.44. The normalized spacial score (nSPS) is 11.6. The number of benzene rings is 2. The number of thioether (sulfide) groups is 1. The fourth-order valence-electron chi connectivity index (χ4n) is 3.55. The molecule has 34 heavy (non-hydrogen) atoms. The molecular formula is C25H29N5O3S. The van der Waals surface area contributed by atoms with E-state index in [0.717, 1.165) is 28.7 Å². The van der Waals surface area contributed by atoms with Crippen molar-refractivity contribution in [2.45, 2.75) is 50.6 Å². The van der Waals surface area contributed by atoms with Crippen LogP contribution in [-0.4, -0.2) is 39.1 Å². The molecule has 0 aliphatic rings. The van der Waals surface area contributed by atoms with Gasteiger partial charge < -0.3 is 18.6 Å². The smallest absolute Gasteiger partial charge is 0.237 e. The first-order chi connectivity index (χ1) is 16.3. The van der Waals surface area contributed by atoms with Crippen molar-refractivity contribution < 1.29 is 14.0 Å². The number of nitrogens with zero attached hydrogens (tertiary/aromatic N) is 5. The zero-order chi connectivity index (χ0) is 24.3. The van der Waals surface area contributed by atoms with E-state index in [0.29, 0.717) is 29.0 Å². The average Bonchev–Trinajstić information content (AvgIpc) is 3.48. The van der Waals surface area contributed by atoms with E-state index < -0.39 is 0 Å². The summed E-state index contributed by atoms with van der Waals surface area (Å²) in [6.45, 7) is 9.46. The number of rotatable bonds is 8. The second kappa shape index (κ2) is 9.89. The zero-order valence-corrected chi connectivity index (χ0v) is 21.1. The van der Waals surface area contributed by atoms with Crippen molar-refractivity contribution in [3.05, 3.63) is 53.9 Å². The first kappa shape index (κ1) is 23.8. The van der Waals surface area contributed by atoms with Crippen molar-refractivity contribution in [3.8, 4) is 34.3 Å². The van der Waals surface area contributed by atoms with Crippen LogP contribution < -0.4 is 9.47 Å². The molecule has 2 aromatic heterocycles. The van der Waals surface area contributed by atoms with Gasteiger partial charge in [0.15, 0.2) is 11.0 Å². The molecule has 9 heteroatoms. The van der Waals surface area contributed by atoms with Crippen molar-refractivity contribution in [1.29, 1.82) is 0 Å². The maximum absolute atomic E-state index is 5.48. The van der Waals surface area contributed by atoms with Gasteiger partial charge in [-0.15, -0.1) is 10.2 Å². The van der Waals surface area contributed by atoms with Gasteiger partial charge >= 0.3 is 0 Å². The van der Waals surface area contributed by atoms with Gasteiger partial charge in [0.2, 0.25) is 11.7 Å². The maximum Gasteiger partial charge on any atom is 0.237 e. The summed E-state index contributed by atoms with van der Waals surface area (Å²) in [7, 11) is 3.21. The van der Waals surface area contributed by atoms with Crippen LogP contribution >= 0.6 is 11.8 Å². The molecule has 0 aliphatic carbocycles. The number of methoxy groups -OCH3 is 2. The fourth-order valence-corrected chi connectivity index (χ4v) is 4.39. The van der Waals surface area contributed by atoms with Crippen LogP contribution in [-0.2, 0) is 17.7 Å². The average molecular weight is 480 g/mol. The molecule has 4 aromatic rings. The van der Waals surface area contributed by atoms with E-state index in [9.17, 15) is 0 Å². The van der Waals surface area contributed by atoms with Crippen molar-refractivity contribution in [2.24, 2.45) is 0 Å². The predicted molar refractivity (Wildman–Crippen MR) is 132 cm³/mol. The highest BCUT2D eigenvalue weighted by Crippen LogP contribution is 2.33. The highest BCUT2D eigenvalue weighted by Gasteiger charge is 2.18. The quantitative estimate of drug-likeness (QED) is 0.301. The molecule has 0 amide bonds. The van der Waals surface area contributed by atoms with Crippen LogP contribution in [0.15, 0.2) is 52.1 Å². The van der Waals surface area contributed by atoms with Crippen LogP contribution in [0, 0.1) is 0 Å². The summed E-state index contributed by atoms with van der Waals surface area (Å²) in [6.07, 6.45) is 0. The lowest BCUT2D eigenvalue weighted by Gasteiger charge is -2.19. The van der Waals surface area contributed by atoms with E-state index in [4.69, 9.17) is 14.0 Å². The van der Waals surface area contributed by atoms with Crippen molar-refractivity contribution in [1.82, 2.24) is 24.9 Å². The lowest BCUT2D eigenvalue weighted by molar-refractivity contribution is 0.388. The van der Waals surface area contributed by atoms with Crippen LogP contribution in [0.2, 0.25) is 0 Å². The van der Waals surface area contributed by atoms with Crippen LogP contribution in [0.3, 0.4) is 0 Å². The molecule has 0 bridgehead atoms. The first-order valence-corrected chi connectivity index (χ1v) is 12.0. The maximum atomic E-state index is 5.48. The molecule has 0 unspecified atom stereocenters. The summed E-state index contributed by atoms with van der Waals surface area (Å²) >= 11 is 1.51. The highest BCUT2D eigenvalue weighted by molar-refractivity contribution is 7.98. The van der Waals surface area contributed by atoms with Crippen LogP contribution in [0.5, 0.6) is 11.5 Å². The third-order valence-electron chi connectivity index (χ3n) is 5.48. The Bertz CT molecular complexity index is 1260. The zero-order valence-electron chi connectivity index (χ0n) is 20.3. The molecular weight excluding hydrogens is 450 g/mol. The van der Waals surface area contributed by atoms with Gasteiger partial charge in [-0.25, -0.2) is 0 Å². The van der Waals surface area contributed by atoms with E-state index >= 15 is 0 Å². The van der Waals surface area contributed by atoms with Gasteiger partial charge in [0.1, 0.15) is 11.5 Å². The Morgan fingerprint density at radius 1 is 1.00 bits per heavy atom. The van der Waals surface area contributed by atoms with Gasteiger partial charge in [-0.05, 0) is 30.0 Å². The largest absolute Gasteiger partial charge is 0.497 e. The Balaban J connectivity index is 1.50. The number of hydrogen-bond donors (Lipinski definition) is 0. The molecule has 2 heterocycles. The minimum atomic E-state index is 0.108. The highest BCUT2D eigenvalue weighted by atomic mass is 32.2. The molecule has 0 fully saturated rings.